The summed E-state index contributed by atoms with van der Waals surface area (Å²) in [6, 6.07) is 3.68. The number of carbonyl (C=O) groups is 2. The van der Waals surface area contributed by atoms with E-state index in [4.69, 9.17) is 4.74 Å². The van der Waals surface area contributed by atoms with Crippen molar-refractivity contribution >= 4 is 17.6 Å². The number of carbonyl (C=O) groups excluding carboxylic acids is 2. The van der Waals surface area contributed by atoms with Gasteiger partial charge in [0.1, 0.15) is 11.9 Å². The molecule has 0 aromatic heterocycles. The SMILES string of the molecule is CCC(OC)C(=O)Nc1ccc(F)c(C(=O)OC)c1. The zero-order chi connectivity index (χ0) is 14.4. The van der Waals surface area contributed by atoms with Gasteiger partial charge in [0.05, 0.1) is 12.7 Å². The minimum absolute atomic E-state index is 0.231. The molecule has 1 amide bonds. The number of anilines is 1. The topological polar surface area (TPSA) is 64.6 Å². The molecule has 0 aliphatic heterocycles. The fourth-order valence-corrected chi connectivity index (χ4v) is 1.55. The van der Waals surface area contributed by atoms with Crippen LogP contribution in [-0.4, -0.2) is 32.2 Å². The van der Waals surface area contributed by atoms with Crippen molar-refractivity contribution in [3.8, 4) is 0 Å². The Hall–Kier alpha value is -1.95. The molecule has 0 heterocycles. The summed E-state index contributed by atoms with van der Waals surface area (Å²) in [5.41, 5.74) is 0.0769. The third kappa shape index (κ3) is 3.75. The van der Waals surface area contributed by atoms with Crippen LogP contribution in [0.1, 0.15) is 23.7 Å². The van der Waals surface area contributed by atoms with Crippen LogP contribution in [0.2, 0.25) is 0 Å². The number of benzene rings is 1. The van der Waals surface area contributed by atoms with Crippen molar-refractivity contribution in [3.63, 3.8) is 0 Å². The molecule has 0 spiro atoms. The number of nitrogens with one attached hydrogen (secondary N) is 1. The van der Waals surface area contributed by atoms with Crippen LogP contribution < -0.4 is 5.32 Å². The van der Waals surface area contributed by atoms with Crippen molar-refractivity contribution in [1.29, 1.82) is 0 Å². The van der Waals surface area contributed by atoms with Gasteiger partial charge >= 0.3 is 5.97 Å². The van der Waals surface area contributed by atoms with Crippen molar-refractivity contribution in [2.75, 3.05) is 19.5 Å². The van der Waals surface area contributed by atoms with E-state index in [2.05, 4.69) is 10.1 Å². The number of esters is 1. The Balaban J connectivity index is 2.91. The van der Waals surface area contributed by atoms with Gasteiger partial charge in [-0.05, 0) is 24.6 Å². The smallest absolute Gasteiger partial charge is 0.340 e. The molecule has 0 bridgehead atoms. The molecular weight excluding hydrogens is 253 g/mol. The maximum absolute atomic E-state index is 13.4. The molecule has 1 aromatic carbocycles. The molecule has 6 heteroatoms. The normalized spacial score (nSPS) is 11.8. The Kier molecular flexibility index (Phi) is 5.44. The van der Waals surface area contributed by atoms with Crippen LogP contribution >= 0.6 is 0 Å². The Morgan fingerprint density at radius 2 is 2.05 bits per heavy atom. The molecular formula is C13H16FNO4. The fraction of sp³-hybridized carbons (Fsp3) is 0.385. The molecule has 104 valence electrons. The van der Waals surface area contributed by atoms with E-state index in [9.17, 15) is 14.0 Å². The number of methoxy groups -OCH3 is 2. The van der Waals surface area contributed by atoms with Gasteiger partial charge < -0.3 is 14.8 Å². The summed E-state index contributed by atoms with van der Waals surface area (Å²) in [4.78, 5) is 23.1. The summed E-state index contributed by atoms with van der Waals surface area (Å²) < 4.78 is 22.8. The zero-order valence-corrected chi connectivity index (χ0v) is 11.0. The summed E-state index contributed by atoms with van der Waals surface area (Å²) >= 11 is 0. The molecule has 5 nitrogen and oxygen atoms in total. The molecule has 1 aromatic rings. The van der Waals surface area contributed by atoms with Gasteiger partial charge in [0.25, 0.3) is 5.91 Å². The lowest BCUT2D eigenvalue weighted by Gasteiger charge is -2.13. The first kappa shape index (κ1) is 15.1. The lowest BCUT2D eigenvalue weighted by atomic mass is 10.1. The predicted molar refractivity (Wildman–Crippen MR) is 67.5 cm³/mol. The van der Waals surface area contributed by atoms with Gasteiger partial charge in [0.15, 0.2) is 0 Å². The molecule has 0 saturated heterocycles. The summed E-state index contributed by atoms with van der Waals surface area (Å²) in [6.45, 7) is 1.80. The first-order valence-electron chi connectivity index (χ1n) is 5.75. The molecule has 1 N–H and O–H groups in total. The predicted octanol–water partition coefficient (Wildman–Crippen LogP) is 1.98. The highest BCUT2D eigenvalue weighted by atomic mass is 19.1. The van der Waals surface area contributed by atoms with Gasteiger partial charge in [-0.25, -0.2) is 9.18 Å². The van der Waals surface area contributed by atoms with E-state index in [1.807, 2.05) is 0 Å². The lowest BCUT2D eigenvalue weighted by molar-refractivity contribution is -0.125. The first-order chi connectivity index (χ1) is 9.03. The molecule has 0 aliphatic carbocycles. The number of ether oxygens (including phenoxy) is 2. The number of hydrogen-bond donors (Lipinski definition) is 1. The first-order valence-corrected chi connectivity index (χ1v) is 5.75. The monoisotopic (exact) mass is 269 g/mol. The Bertz CT molecular complexity index is 472. The van der Waals surface area contributed by atoms with Crippen LogP contribution in [-0.2, 0) is 14.3 Å². The van der Waals surface area contributed by atoms with E-state index >= 15 is 0 Å². The fourth-order valence-electron chi connectivity index (χ4n) is 1.55. The average molecular weight is 269 g/mol. The molecule has 0 aliphatic rings. The second-order valence-electron chi connectivity index (χ2n) is 3.81. The van der Waals surface area contributed by atoms with Gasteiger partial charge in [0, 0.05) is 12.8 Å². The van der Waals surface area contributed by atoms with Gasteiger partial charge in [-0.1, -0.05) is 6.92 Å². The molecule has 1 atom stereocenters. The van der Waals surface area contributed by atoms with E-state index in [1.165, 1.54) is 19.2 Å². The van der Waals surface area contributed by atoms with Crippen LogP contribution in [0.25, 0.3) is 0 Å². The number of hydrogen-bond acceptors (Lipinski definition) is 4. The van der Waals surface area contributed by atoms with Crippen molar-refractivity contribution in [2.24, 2.45) is 0 Å². The number of amides is 1. The highest BCUT2D eigenvalue weighted by molar-refractivity contribution is 5.96. The summed E-state index contributed by atoms with van der Waals surface area (Å²) in [5, 5.41) is 2.55. The minimum Gasteiger partial charge on any atom is -0.465 e. The Morgan fingerprint density at radius 3 is 2.58 bits per heavy atom. The third-order valence-corrected chi connectivity index (χ3v) is 2.59. The van der Waals surface area contributed by atoms with E-state index in [-0.39, 0.29) is 11.5 Å². The standard InChI is InChI=1S/C13H16FNO4/c1-4-11(18-2)12(16)15-8-5-6-10(14)9(7-8)13(17)19-3/h5-7,11H,4H2,1-3H3,(H,15,16). The van der Waals surface area contributed by atoms with Crippen molar-refractivity contribution in [3.05, 3.63) is 29.6 Å². The highest BCUT2D eigenvalue weighted by Crippen LogP contribution is 2.16. The van der Waals surface area contributed by atoms with Gasteiger partial charge in [0.2, 0.25) is 0 Å². The lowest BCUT2D eigenvalue weighted by Crippen LogP contribution is -2.28. The highest BCUT2D eigenvalue weighted by Gasteiger charge is 2.17. The van der Waals surface area contributed by atoms with Gasteiger partial charge in [-0.2, -0.15) is 0 Å². The van der Waals surface area contributed by atoms with Crippen LogP contribution in [0.15, 0.2) is 18.2 Å². The second kappa shape index (κ2) is 6.84. The van der Waals surface area contributed by atoms with Crippen molar-refractivity contribution < 1.29 is 23.5 Å². The third-order valence-electron chi connectivity index (χ3n) is 2.59. The number of rotatable bonds is 5. The maximum Gasteiger partial charge on any atom is 0.340 e. The quantitative estimate of drug-likeness (QED) is 0.830. The average Bonchev–Trinajstić information content (AvgIpc) is 2.41. The Morgan fingerprint density at radius 1 is 1.37 bits per heavy atom. The molecule has 1 rings (SSSR count). The molecule has 19 heavy (non-hydrogen) atoms. The number of halogens is 1. The van der Waals surface area contributed by atoms with Crippen molar-refractivity contribution in [1.82, 2.24) is 0 Å². The summed E-state index contributed by atoms with van der Waals surface area (Å²) in [6.07, 6.45) is -0.0838. The van der Waals surface area contributed by atoms with E-state index in [0.717, 1.165) is 13.2 Å². The van der Waals surface area contributed by atoms with Gasteiger partial charge in [-0.15, -0.1) is 0 Å². The molecule has 0 fully saturated rings. The maximum atomic E-state index is 13.4. The van der Waals surface area contributed by atoms with E-state index in [1.54, 1.807) is 6.92 Å². The molecule has 1 unspecified atom stereocenters. The van der Waals surface area contributed by atoms with Gasteiger partial charge in [-0.3, -0.25) is 4.79 Å². The molecule has 0 saturated carbocycles. The summed E-state index contributed by atoms with van der Waals surface area (Å²) in [5.74, 6) is -1.86. The molecule has 0 radical (unpaired) electrons. The zero-order valence-electron chi connectivity index (χ0n) is 11.0. The summed E-state index contributed by atoms with van der Waals surface area (Å²) in [7, 11) is 2.59. The minimum atomic E-state index is -0.799. The second-order valence-corrected chi connectivity index (χ2v) is 3.81. The Labute approximate surface area is 110 Å². The van der Waals surface area contributed by atoms with E-state index in [0.29, 0.717) is 12.1 Å². The van der Waals surface area contributed by atoms with Crippen LogP contribution in [0.4, 0.5) is 10.1 Å². The van der Waals surface area contributed by atoms with Crippen molar-refractivity contribution in [2.45, 2.75) is 19.4 Å². The van der Waals surface area contributed by atoms with E-state index < -0.39 is 17.9 Å². The van der Waals surface area contributed by atoms with Crippen LogP contribution in [0.5, 0.6) is 0 Å². The largest absolute Gasteiger partial charge is 0.465 e. The van der Waals surface area contributed by atoms with Crippen LogP contribution in [0, 0.1) is 5.82 Å². The van der Waals surface area contributed by atoms with Crippen LogP contribution in [0.3, 0.4) is 0 Å².